The Morgan fingerprint density at radius 2 is 2.17 bits per heavy atom. The lowest BCUT2D eigenvalue weighted by molar-refractivity contribution is 1.09. The van der Waals surface area contributed by atoms with Gasteiger partial charge in [0.1, 0.15) is 14.4 Å². The Balaban J connectivity index is 2.92. The second-order valence-corrected chi connectivity index (χ2v) is 3.99. The standard InChI is InChI=1S/C6H2Cl2IN3/c7-3-1-2-4(5(8)10-3)11-12-6(2)9/h1H,(H,11,12). The molecule has 0 aliphatic heterocycles. The number of halogens is 3. The SMILES string of the molecule is Clc1cc2c(I)[nH]nc2c(Cl)n1. The monoisotopic (exact) mass is 313 g/mol. The Morgan fingerprint density at radius 3 is 2.92 bits per heavy atom. The molecule has 0 saturated carbocycles. The molecule has 0 bridgehead atoms. The van der Waals surface area contributed by atoms with Crippen molar-refractivity contribution in [3.05, 3.63) is 20.1 Å². The first-order chi connectivity index (χ1) is 5.68. The summed E-state index contributed by atoms with van der Waals surface area (Å²) in [4.78, 5) is 3.86. The van der Waals surface area contributed by atoms with Gasteiger partial charge in [0, 0.05) is 5.39 Å². The minimum absolute atomic E-state index is 0.330. The number of aromatic amines is 1. The van der Waals surface area contributed by atoms with Crippen molar-refractivity contribution in [2.24, 2.45) is 0 Å². The minimum Gasteiger partial charge on any atom is -0.271 e. The number of fused-ring (bicyclic) bond motifs is 1. The Labute approximate surface area is 91.6 Å². The highest BCUT2D eigenvalue weighted by molar-refractivity contribution is 14.1. The van der Waals surface area contributed by atoms with E-state index in [-0.39, 0.29) is 0 Å². The summed E-state index contributed by atoms with van der Waals surface area (Å²) in [6.45, 7) is 0. The zero-order valence-corrected chi connectivity index (χ0v) is 9.28. The number of nitrogens with zero attached hydrogens (tertiary/aromatic N) is 2. The minimum atomic E-state index is 0.330. The average Bonchev–Trinajstić information content (AvgIpc) is 2.33. The molecule has 6 heteroatoms. The Kier molecular flexibility index (Phi) is 2.14. The summed E-state index contributed by atoms with van der Waals surface area (Å²) in [5.74, 6) is 0. The smallest absolute Gasteiger partial charge is 0.158 e. The molecule has 0 unspecified atom stereocenters. The third kappa shape index (κ3) is 1.27. The van der Waals surface area contributed by atoms with E-state index in [4.69, 9.17) is 23.2 Å². The van der Waals surface area contributed by atoms with Gasteiger partial charge in [-0.25, -0.2) is 4.98 Å². The summed E-state index contributed by atoms with van der Waals surface area (Å²) in [7, 11) is 0. The summed E-state index contributed by atoms with van der Waals surface area (Å²) in [5, 5.41) is 8.39. The molecule has 0 spiro atoms. The first-order valence-electron chi connectivity index (χ1n) is 3.04. The Bertz CT molecular complexity index is 440. The van der Waals surface area contributed by atoms with Crippen LogP contribution in [-0.4, -0.2) is 15.2 Å². The first kappa shape index (κ1) is 8.52. The van der Waals surface area contributed by atoms with Gasteiger partial charge in [-0.2, -0.15) is 5.10 Å². The molecule has 0 saturated heterocycles. The molecule has 0 aliphatic carbocycles. The molecule has 12 heavy (non-hydrogen) atoms. The van der Waals surface area contributed by atoms with Crippen LogP contribution in [0.4, 0.5) is 0 Å². The van der Waals surface area contributed by atoms with E-state index in [1.54, 1.807) is 6.07 Å². The van der Waals surface area contributed by atoms with E-state index in [1.165, 1.54) is 0 Å². The van der Waals surface area contributed by atoms with Crippen molar-refractivity contribution in [1.29, 1.82) is 0 Å². The van der Waals surface area contributed by atoms with E-state index < -0.39 is 0 Å². The Hall–Kier alpha value is -0.0700. The summed E-state index contributed by atoms with van der Waals surface area (Å²) in [5.41, 5.74) is 0.658. The number of nitrogens with one attached hydrogen (secondary N) is 1. The average molecular weight is 314 g/mol. The van der Waals surface area contributed by atoms with Gasteiger partial charge < -0.3 is 0 Å². The third-order valence-corrected chi connectivity index (χ3v) is 2.70. The number of rotatable bonds is 0. The van der Waals surface area contributed by atoms with Crippen LogP contribution in [0.2, 0.25) is 10.3 Å². The van der Waals surface area contributed by atoms with Crippen LogP contribution in [-0.2, 0) is 0 Å². The summed E-state index contributed by atoms with van der Waals surface area (Å²) in [6, 6.07) is 1.73. The molecule has 0 amide bonds. The van der Waals surface area contributed by atoms with Gasteiger partial charge in [-0.3, -0.25) is 5.10 Å². The normalized spacial score (nSPS) is 10.9. The van der Waals surface area contributed by atoms with Crippen LogP contribution >= 0.6 is 45.8 Å². The molecule has 62 valence electrons. The second-order valence-electron chi connectivity index (χ2n) is 2.17. The molecule has 1 N–H and O–H groups in total. The van der Waals surface area contributed by atoms with Crippen LogP contribution in [0.25, 0.3) is 10.9 Å². The highest BCUT2D eigenvalue weighted by Crippen LogP contribution is 2.25. The highest BCUT2D eigenvalue weighted by atomic mass is 127. The van der Waals surface area contributed by atoms with E-state index in [9.17, 15) is 0 Å². The molecule has 0 aromatic carbocycles. The van der Waals surface area contributed by atoms with E-state index in [2.05, 4.69) is 37.8 Å². The Morgan fingerprint density at radius 1 is 1.42 bits per heavy atom. The molecular weight excluding hydrogens is 312 g/mol. The summed E-state index contributed by atoms with van der Waals surface area (Å²) >= 11 is 13.6. The van der Waals surface area contributed by atoms with Gasteiger partial charge in [0.05, 0.1) is 0 Å². The highest BCUT2D eigenvalue weighted by Gasteiger charge is 2.08. The number of hydrogen-bond acceptors (Lipinski definition) is 2. The van der Waals surface area contributed by atoms with Crippen molar-refractivity contribution in [2.45, 2.75) is 0 Å². The van der Waals surface area contributed by atoms with Gasteiger partial charge in [-0.05, 0) is 28.7 Å². The fourth-order valence-electron chi connectivity index (χ4n) is 0.916. The van der Waals surface area contributed by atoms with Crippen molar-refractivity contribution in [3.8, 4) is 0 Å². The summed E-state index contributed by atoms with van der Waals surface area (Å²) in [6.07, 6.45) is 0. The van der Waals surface area contributed by atoms with Gasteiger partial charge in [0.25, 0.3) is 0 Å². The molecule has 2 aromatic rings. The quantitative estimate of drug-likeness (QED) is 0.600. The maximum atomic E-state index is 5.79. The van der Waals surface area contributed by atoms with Crippen molar-refractivity contribution < 1.29 is 0 Å². The topological polar surface area (TPSA) is 41.6 Å². The second kappa shape index (κ2) is 3.01. The zero-order valence-electron chi connectivity index (χ0n) is 5.61. The van der Waals surface area contributed by atoms with Gasteiger partial charge in [0.2, 0.25) is 0 Å². The van der Waals surface area contributed by atoms with Crippen molar-refractivity contribution in [1.82, 2.24) is 15.2 Å². The largest absolute Gasteiger partial charge is 0.271 e. The van der Waals surface area contributed by atoms with E-state index in [0.717, 1.165) is 9.09 Å². The van der Waals surface area contributed by atoms with Crippen LogP contribution in [0.5, 0.6) is 0 Å². The zero-order chi connectivity index (χ0) is 8.72. The van der Waals surface area contributed by atoms with Crippen LogP contribution in [0.3, 0.4) is 0 Å². The van der Waals surface area contributed by atoms with Gasteiger partial charge in [-0.15, -0.1) is 0 Å². The molecule has 0 radical (unpaired) electrons. The first-order valence-corrected chi connectivity index (χ1v) is 4.87. The van der Waals surface area contributed by atoms with Gasteiger partial charge in [-0.1, -0.05) is 23.2 Å². The lowest BCUT2D eigenvalue weighted by Gasteiger charge is -1.92. The molecule has 2 aromatic heterocycles. The fraction of sp³-hybridized carbons (Fsp3) is 0. The van der Waals surface area contributed by atoms with E-state index in [1.807, 2.05) is 0 Å². The molecule has 0 fully saturated rings. The number of hydrogen-bond donors (Lipinski definition) is 1. The number of pyridine rings is 1. The molecule has 0 aliphatic rings. The lowest BCUT2D eigenvalue weighted by Crippen LogP contribution is -1.78. The van der Waals surface area contributed by atoms with Crippen LogP contribution in [0, 0.1) is 3.70 Å². The van der Waals surface area contributed by atoms with Crippen molar-refractivity contribution in [3.63, 3.8) is 0 Å². The molecule has 0 atom stereocenters. The third-order valence-electron chi connectivity index (χ3n) is 1.42. The predicted molar refractivity (Wildman–Crippen MR) is 56.6 cm³/mol. The van der Waals surface area contributed by atoms with Crippen LogP contribution < -0.4 is 0 Å². The summed E-state index contributed by atoms with van der Waals surface area (Å²) < 4.78 is 0.911. The van der Waals surface area contributed by atoms with Gasteiger partial charge >= 0.3 is 0 Å². The van der Waals surface area contributed by atoms with Crippen LogP contribution in [0.1, 0.15) is 0 Å². The molecule has 2 heterocycles. The number of H-pyrrole nitrogens is 1. The number of aromatic nitrogens is 3. The fourth-order valence-corrected chi connectivity index (χ4v) is 1.92. The molecule has 2 rings (SSSR count). The predicted octanol–water partition coefficient (Wildman–Crippen LogP) is 2.87. The van der Waals surface area contributed by atoms with Crippen molar-refractivity contribution >= 4 is 56.7 Å². The van der Waals surface area contributed by atoms with E-state index >= 15 is 0 Å². The van der Waals surface area contributed by atoms with Gasteiger partial charge in [0.15, 0.2) is 5.15 Å². The van der Waals surface area contributed by atoms with Crippen molar-refractivity contribution in [2.75, 3.05) is 0 Å². The van der Waals surface area contributed by atoms with Crippen LogP contribution in [0.15, 0.2) is 6.07 Å². The molecular formula is C6H2Cl2IN3. The molecule has 3 nitrogen and oxygen atoms in total. The van der Waals surface area contributed by atoms with E-state index in [0.29, 0.717) is 15.8 Å². The maximum absolute atomic E-state index is 5.79. The maximum Gasteiger partial charge on any atom is 0.158 e. The lowest BCUT2D eigenvalue weighted by atomic mass is 10.3.